The normalized spacial score (nSPS) is 15.1. The van der Waals surface area contributed by atoms with Gasteiger partial charge in [0, 0.05) is 6.07 Å². The maximum atomic E-state index is 12.3. The summed E-state index contributed by atoms with van der Waals surface area (Å²) >= 11 is 0. The van der Waals surface area contributed by atoms with E-state index in [1.165, 1.54) is 11.6 Å². The molecule has 146 valence electrons. The van der Waals surface area contributed by atoms with Crippen LogP contribution in [0, 0.1) is 20.2 Å². The average Bonchev–Trinajstić information content (AvgIpc) is 2.69. The van der Waals surface area contributed by atoms with Crippen LogP contribution in [-0.2, 0) is 4.79 Å². The van der Waals surface area contributed by atoms with Gasteiger partial charge in [0.05, 0.1) is 22.5 Å². The molecule has 9 nitrogen and oxygen atoms in total. The molecule has 2 aromatic carbocycles. The van der Waals surface area contributed by atoms with Crippen molar-refractivity contribution in [2.75, 3.05) is 25.0 Å². The van der Waals surface area contributed by atoms with Gasteiger partial charge in [0.25, 0.3) is 11.4 Å². The summed E-state index contributed by atoms with van der Waals surface area (Å²) < 4.78 is 0. The minimum absolute atomic E-state index is 0.0419. The molecule has 1 aliphatic heterocycles. The Labute approximate surface area is 161 Å². The summed E-state index contributed by atoms with van der Waals surface area (Å²) in [4.78, 5) is 34.8. The van der Waals surface area contributed by atoms with E-state index in [1.807, 2.05) is 23.1 Å². The van der Waals surface area contributed by atoms with Gasteiger partial charge < -0.3 is 5.32 Å². The molecule has 0 radical (unpaired) electrons. The van der Waals surface area contributed by atoms with Gasteiger partial charge in [-0.05, 0) is 43.5 Å². The monoisotopic (exact) mass is 384 g/mol. The summed E-state index contributed by atoms with van der Waals surface area (Å²) in [5.74, 6) is 0.0892. The topological polar surface area (TPSA) is 119 Å². The van der Waals surface area contributed by atoms with Crippen molar-refractivity contribution in [3.05, 3.63) is 74.3 Å². The third kappa shape index (κ3) is 4.68. The minimum atomic E-state index is -0.742. The van der Waals surface area contributed by atoms with Crippen LogP contribution in [0.4, 0.5) is 17.1 Å². The van der Waals surface area contributed by atoms with Gasteiger partial charge in [-0.2, -0.15) is 0 Å². The van der Waals surface area contributed by atoms with Crippen molar-refractivity contribution >= 4 is 23.0 Å². The van der Waals surface area contributed by atoms with Crippen LogP contribution in [0.25, 0.3) is 0 Å². The number of non-ortho nitro benzene ring substituents is 1. The average molecular weight is 384 g/mol. The van der Waals surface area contributed by atoms with Crippen LogP contribution in [0.3, 0.4) is 0 Å². The number of anilines is 1. The van der Waals surface area contributed by atoms with Gasteiger partial charge in [-0.3, -0.25) is 29.9 Å². The third-order valence-corrected chi connectivity index (χ3v) is 4.89. The van der Waals surface area contributed by atoms with Crippen LogP contribution in [0.5, 0.6) is 0 Å². The molecule has 1 N–H and O–H groups in total. The molecule has 0 atom stereocenters. The van der Waals surface area contributed by atoms with Gasteiger partial charge in [-0.25, -0.2) is 0 Å². The van der Waals surface area contributed by atoms with Crippen LogP contribution in [0.15, 0.2) is 48.5 Å². The molecule has 1 heterocycles. The number of hydrogen-bond acceptors (Lipinski definition) is 6. The highest BCUT2D eigenvalue weighted by molar-refractivity contribution is 5.94. The van der Waals surface area contributed by atoms with Gasteiger partial charge >= 0.3 is 0 Å². The summed E-state index contributed by atoms with van der Waals surface area (Å²) in [7, 11) is 0. The first-order valence-corrected chi connectivity index (χ1v) is 8.94. The SMILES string of the molecule is O=C(CN1CCC(c2ccccc2)CC1)Nc1ccc([N+](=O)[O-])cc1[N+](=O)[O-]. The number of nitro benzene ring substituents is 2. The van der Waals surface area contributed by atoms with Crippen LogP contribution in [-0.4, -0.2) is 40.3 Å². The van der Waals surface area contributed by atoms with E-state index in [1.54, 1.807) is 0 Å². The number of nitrogens with zero attached hydrogens (tertiary/aromatic N) is 3. The minimum Gasteiger partial charge on any atom is -0.319 e. The summed E-state index contributed by atoms with van der Waals surface area (Å²) in [6.45, 7) is 1.64. The Balaban J connectivity index is 1.58. The van der Waals surface area contributed by atoms with Crippen molar-refractivity contribution in [2.45, 2.75) is 18.8 Å². The zero-order chi connectivity index (χ0) is 20.1. The molecular formula is C19H20N4O5. The molecule has 0 aromatic heterocycles. The first-order valence-electron chi connectivity index (χ1n) is 8.94. The summed E-state index contributed by atoms with van der Waals surface area (Å²) in [6, 6.07) is 13.4. The second-order valence-electron chi connectivity index (χ2n) is 6.72. The summed E-state index contributed by atoms with van der Waals surface area (Å²) in [5.41, 5.74) is 0.367. The number of piperidine rings is 1. The van der Waals surface area contributed by atoms with Crippen molar-refractivity contribution < 1.29 is 14.6 Å². The maximum Gasteiger partial charge on any atom is 0.299 e. The Morgan fingerprint density at radius 3 is 2.32 bits per heavy atom. The number of carbonyl (C=O) groups excluding carboxylic acids is 1. The van der Waals surface area contributed by atoms with Gasteiger partial charge in [-0.1, -0.05) is 30.3 Å². The van der Waals surface area contributed by atoms with Crippen molar-refractivity contribution in [1.82, 2.24) is 4.90 Å². The van der Waals surface area contributed by atoms with Crippen LogP contribution in [0.1, 0.15) is 24.3 Å². The lowest BCUT2D eigenvalue weighted by molar-refractivity contribution is -0.393. The Bertz CT molecular complexity index is 879. The van der Waals surface area contributed by atoms with E-state index in [9.17, 15) is 25.0 Å². The smallest absolute Gasteiger partial charge is 0.299 e. The Morgan fingerprint density at radius 2 is 1.71 bits per heavy atom. The largest absolute Gasteiger partial charge is 0.319 e. The van der Waals surface area contributed by atoms with E-state index < -0.39 is 21.2 Å². The van der Waals surface area contributed by atoms with Gasteiger partial charge in [0.2, 0.25) is 5.91 Å². The lowest BCUT2D eigenvalue weighted by Gasteiger charge is -2.31. The summed E-state index contributed by atoms with van der Waals surface area (Å²) in [6.07, 6.45) is 1.88. The van der Waals surface area contributed by atoms with Crippen molar-refractivity contribution in [3.63, 3.8) is 0 Å². The number of carbonyl (C=O) groups is 1. The van der Waals surface area contributed by atoms with E-state index >= 15 is 0 Å². The molecule has 0 aliphatic carbocycles. The lowest BCUT2D eigenvalue weighted by Crippen LogP contribution is -2.38. The molecule has 9 heteroatoms. The predicted molar refractivity (Wildman–Crippen MR) is 103 cm³/mol. The van der Waals surface area contributed by atoms with Crippen molar-refractivity contribution in [3.8, 4) is 0 Å². The molecule has 2 aromatic rings. The van der Waals surface area contributed by atoms with Crippen molar-refractivity contribution in [2.24, 2.45) is 0 Å². The van der Waals surface area contributed by atoms with Gasteiger partial charge in [-0.15, -0.1) is 0 Å². The van der Waals surface area contributed by atoms with E-state index in [2.05, 4.69) is 17.4 Å². The zero-order valence-electron chi connectivity index (χ0n) is 15.1. The van der Waals surface area contributed by atoms with Crippen molar-refractivity contribution in [1.29, 1.82) is 0 Å². The quantitative estimate of drug-likeness (QED) is 0.603. The fraction of sp³-hybridized carbons (Fsp3) is 0.316. The first-order chi connectivity index (χ1) is 13.4. The number of nitro groups is 2. The zero-order valence-corrected chi connectivity index (χ0v) is 15.1. The number of rotatable bonds is 6. The standard InChI is InChI=1S/C19H20N4O5/c24-19(20-17-7-6-16(22(25)26)12-18(17)23(27)28)13-21-10-8-15(9-11-21)14-4-2-1-3-5-14/h1-7,12,15H,8-11,13H2,(H,20,24). The second kappa shape index (κ2) is 8.57. The third-order valence-electron chi connectivity index (χ3n) is 4.89. The Kier molecular flexibility index (Phi) is 5.95. The van der Waals surface area contributed by atoms with E-state index in [-0.39, 0.29) is 18.1 Å². The molecule has 0 unspecified atom stereocenters. The number of nitrogens with one attached hydrogen (secondary N) is 1. The van der Waals surface area contributed by atoms with Crippen LogP contribution >= 0.6 is 0 Å². The van der Waals surface area contributed by atoms with E-state index in [0.717, 1.165) is 38.1 Å². The Morgan fingerprint density at radius 1 is 1.04 bits per heavy atom. The van der Waals surface area contributed by atoms with Gasteiger partial charge in [0.15, 0.2) is 0 Å². The van der Waals surface area contributed by atoms with Crippen LogP contribution < -0.4 is 5.32 Å². The molecule has 0 spiro atoms. The molecule has 1 saturated heterocycles. The first kappa shape index (κ1) is 19.4. The maximum absolute atomic E-state index is 12.3. The Hall–Kier alpha value is -3.33. The highest BCUT2D eigenvalue weighted by Crippen LogP contribution is 2.30. The number of amides is 1. The number of likely N-dealkylation sites (tertiary alicyclic amines) is 1. The molecule has 0 saturated carbocycles. The molecule has 3 rings (SSSR count). The summed E-state index contributed by atoms with van der Waals surface area (Å²) in [5, 5.41) is 24.5. The van der Waals surface area contributed by atoms with Crippen LogP contribution in [0.2, 0.25) is 0 Å². The molecule has 1 aliphatic rings. The number of hydrogen-bond donors (Lipinski definition) is 1. The fourth-order valence-electron chi connectivity index (χ4n) is 3.43. The molecule has 1 fully saturated rings. The van der Waals surface area contributed by atoms with E-state index in [0.29, 0.717) is 5.92 Å². The molecule has 28 heavy (non-hydrogen) atoms. The number of benzene rings is 2. The predicted octanol–water partition coefficient (Wildman–Crippen LogP) is 3.32. The molecule has 1 amide bonds. The van der Waals surface area contributed by atoms with Gasteiger partial charge in [0.1, 0.15) is 5.69 Å². The highest BCUT2D eigenvalue weighted by Gasteiger charge is 2.24. The second-order valence-corrected chi connectivity index (χ2v) is 6.72. The fourth-order valence-corrected chi connectivity index (χ4v) is 3.43. The molecular weight excluding hydrogens is 364 g/mol. The molecule has 0 bridgehead atoms. The van der Waals surface area contributed by atoms with E-state index in [4.69, 9.17) is 0 Å². The highest BCUT2D eigenvalue weighted by atomic mass is 16.6. The lowest BCUT2D eigenvalue weighted by atomic mass is 9.89.